The zero-order chi connectivity index (χ0) is 12.6. The highest BCUT2D eigenvalue weighted by Gasteiger charge is 2.15. The maximum absolute atomic E-state index is 13.0. The number of hydrogen-bond donors (Lipinski definition) is 0. The van der Waals surface area contributed by atoms with E-state index in [-0.39, 0.29) is 5.82 Å². The maximum Gasteiger partial charge on any atom is 0.124 e. The second-order valence-electron chi connectivity index (χ2n) is 3.69. The summed E-state index contributed by atoms with van der Waals surface area (Å²) in [7, 11) is 0. The lowest BCUT2D eigenvalue weighted by molar-refractivity contribution is 0.626. The van der Waals surface area contributed by atoms with Crippen molar-refractivity contribution in [2.45, 2.75) is 20.4 Å². The van der Waals surface area contributed by atoms with Crippen molar-refractivity contribution < 1.29 is 4.39 Å². The third-order valence-electron chi connectivity index (χ3n) is 2.62. The molecule has 2 nitrogen and oxygen atoms in total. The van der Waals surface area contributed by atoms with Crippen LogP contribution < -0.4 is 0 Å². The Morgan fingerprint density at radius 3 is 2.59 bits per heavy atom. The Kier molecular flexibility index (Phi) is 3.68. The lowest BCUT2D eigenvalue weighted by Crippen LogP contribution is -1.98. The molecule has 0 atom stereocenters. The second kappa shape index (κ2) is 4.90. The Morgan fingerprint density at radius 1 is 1.35 bits per heavy atom. The number of hydrogen-bond acceptors (Lipinski definition) is 1. The van der Waals surface area contributed by atoms with E-state index in [2.05, 4.69) is 37.0 Å². The van der Waals surface area contributed by atoms with E-state index in [9.17, 15) is 4.39 Å². The summed E-state index contributed by atoms with van der Waals surface area (Å²) in [6.07, 6.45) is 0. The van der Waals surface area contributed by atoms with Gasteiger partial charge in [-0.3, -0.25) is 4.68 Å². The van der Waals surface area contributed by atoms with Crippen LogP contribution in [0.2, 0.25) is 0 Å². The van der Waals surface area contributed by atoms with Gasteiger partial charge >= 0.3 is 0 Å². The minimum Gasteiger partial charge on any atom is -0.268 e. The molecule has 1 heterocycles. The van der Waals surface area contributed by atoms with E-state index in [1.807, 2.05) is 18.5 Å². The quantitative estimate of drug-likeness (QED) is 0.767. The third kappa shape index (κ3) is 2.31. The average molecular weight is 362 g/mol. The van der Waals surface area contributed by atoms with Crippen LogP contribution in [-0.2, 0) is 6.54 Å². The number of rotatable bonds is 2. The van der Waals surface area contributed by atoms with Gasteiger partial charge in [0.05, 0.1) is 10.2 Å². The molecular formula is C12H11Br2FN2. The van der Waals surface area contributed by atoms with Gasteiger partial charge in [0, 0.05) is 16.6 Å². The van der Waals surface area contributed by atoms with Crippen LogP contribution in [-0.4, -0.2) is 9.78 Å². The third-order valence-corrected chi connectivity index (χ3v) is 4.22. The highest BCUT2D eigenvalue weighted by molar-refractivity contribution is 9.11. The molecule has 1 aromatic carbocycles. The molecule has 5 heteroatoms. The van der Waals surface area contributed by atoms with Gasteiger partial charge in [-0.25, -0.2) is 4.39 Å². The van der Waals surface area contributed by atoms with Crippen LogP contribution in [0.3, 0.4) is 0 Å². The van der Waals surface area contributed by atoms with Crippen molar-refractivity contribution in [3.63, 3.8) is 0 Å². The summed E-state index contributed by atoms with van der Waals surface area (Å²) in [4.78, 5) is 0. The van der Waals surface area contributed by atoms with E-state index in [0.717, 1.165) is 28.0 Å². The first-order chi connectivity index (χ1) is 8.04. The number of nitrogens with zero attached hydrogens (tertiary/aromatic N) is 2. The molecule has 1 aromatic heterocycles. The van der Waals surface area contributed by atoms with Crippen molar-refractivity contribution >= 4 is 31.9 Å². The SMILES string of the molecule is CCn1nc(-c2ccc(F)cc2Br)c(Br)c1C. The van der Waals surface area contributed by atoms with Gasteiger partial charge in [-0.1, -0.05) is 0 Å². The topological polar surface area (TPSA) is 17.8 Å². The van der Waals surface area contributed by atoms with E-state index in [1.165, 1.54) is 12.1 Å². The van der Waals surface area contributed by atoms with Crippen LogP contribution in [0.25, 0.3) is 11.3 Å². The zero-order valence-corrected chi connectivity index (χ0v) is 12.6. The molecule has 0 saturated heterocycles. The smallest absolute Gasteiger partial charge is 0.124 e. The van der Waals surface area contributed by atoms with Gasteiger partial charge in [0.15, 0.2) is 0 Å². The first kappa shape index (κ1) is 12.8. The molecule has 0 bridgehead atoms. The zero-order valence-electron chi connectivity index (χ0n) is 9.47. The van der Waals surface area contributed by atoms with Crippen molar-refractivity contribution in [3.05, 3.63) is 38.7 Å². The number of aromatic nitrogens is 2. The Labute approximate surface area is 116 Å². The highest BCUT2D eigenvalue weighted by atomic mass is 79.9. The summed E-state index contributed by atoms with van der Waals surface area (Å²) in [6.45, 7) is 4.85. The predicted octanol–water partition coefficient (Wildman–Crippen LogP) is 4.54. The summed E-state index contributed by atoms with van der Waals surface area (Å²) < 4.78 is 16.6. The molecule has 90 valence electrons. The molecule has 2 aromatic rings. The minimum absolute atomic E-state index is 0.261. The van der Waals surface area contributed by atoms with Crippen molar-refractivity contribution in [2.24, 2.45) is 0 Å². The summed E-state index contributed by atoms with van der Waals surface area (Å²) in [5.74, 6) is -0.261. The van der Waals surface area contributed by atoms with Gasteiger partial charge in [-0.15, -0.1) is 0 Å². The minimum atomic E-state index is -0.261. The fraction of sp³-hybridized carbons (Fsp3) is 0.250. The first-order valence-electron chi connectivity index (χ1n) is 5.23. The largest absolute Gasteiger partial charge is 0.268 e. The number of benzene rings is 1. The van der Waals surface area contributed by atoms with E-state index in [0.29, 0.717) is 4.47 Å². The van der Waals surface area contributed by atoms with Crippen LogP contribution in [0.5, 0.6) is 0 Å². The fourth-order valence-electron chi connectivity index (χ4n) is 1.69. The molecule has 0 N–H and O–H groups in total. The molecule has 0 amide bonds. The molecule has 0 aliphatic rings. The lowest BCUT2D eigenvalue weighted by Gasteiger charge is -2.01. The van der Waals surface area contributed by atoms with Crippen molar-refractivity contribution in [1.82, 2.24) is 9.78 Å². The number of aryl methyl sites for hydroxylation is 1. The lowest BCUT2D eigenvalue weighted by atomic mass is 10.1. The first-order valence-corrected chi connectivity index (χ1v) is 6.81. The summed E-state index contributed by atoms with van der Waals surface area (Å²) in [5, 5.41) is 4.51. The standard InChI is InChI=1S/C12H11Br2FN2/c1-3-17-7(2)11(14)12(16-17)9-5-4-8(15)6-10(9)13/h4-6H,3H2,1-2H3. The van der Waals surface area contributed by atoms with Crippen LogP contribution in [0, 0.1) is 12.7 Å². The van der Waals surface area contributed by atoms with E-state index in [1.54, 1.807) is 6.07 Å². The summed E-state index contributed by atoms with van der Waals surface area (Å²) in [6, 6.07) is 4.61. The molecule has 0 spiro atoms. The summed E-state index contributed by atoms with van der Waals surface area (Å²) >= 11 is 6.90. The van der Waals surface area contributed by atoms with E-state index in [4.69, 9.17) is 0 Å². The molecule has 0 radical (unpaired) electrons. The second-order valence-corrected chi connectivity index (χ2v) is 5.34. The van der Waals surface area contributed by atoms with E-state index < -0.39 is 0 Å². The molecule has 17 heavy (non-hydrogen) atoms. The molecule has 2 rings (SSSR count). The van der Waals surface area contributed by atoms with Gasteiger partial charge in [-0.05, 0) is 63.9 Å². The van der Waals surface area contributed by atoms with Crippen LogP contribution in [0.15, 0.2) is 27.1 Å². The monoisotopic (exact) mass is 360 g/mol. The van der Waals surface area contributed by atoms with Gasteiger partial charge in [0.2, 0.25) is 0 Å². The van der Waals surface area contributed by atoms with Gasteiger partial charge in [0.1, 0.15) is 11.5 Å². The Hall–Kier alpha value is -0.680. The van der Waals surface area contributed by atoms with Crippen LogP contribution in [0.4, 0.5) is 4.39 Å². The summed E-state index contributed by atoms with van der Waals surface area (Å²) in [5.41, 5.74) is 2.78. The van der Waals surface area contributed by atoms with Crippen molar-refractivity contribution in [2.75, 3.05) is 0 Å². The molecule has 0 fully saturated rings. The van der Waals surface area contributed by atoms with E-state index >= 15 is 0 Å². The van der Waals surface area contributed by atoms with Crippen LogP contribution in [0.1, 0.15) is 12.6 Å². The van der Waals surface area contributed by atoms with Gasteiger partial charge < -0.3 is 0 Å². The fourth-order valence-corrected chi connectivity index (χ4v) is 2.72. The van der Waals surface area contributed by atoms with Gasteiger partial charge in [0.25, 0.3) is 0 Å². The number of halogens is 3. The van der Waals surface area contributed by atoms with Gasteiger partial charge in [-0.2, -0.15) is 5.10 Å². The molecule has 0 saturated carbocycles. The molecule has 0 aliphatic heterocycles. The van der Waals surface area contributed by atoms with Crippen molar-refractivity contribution in [1.29, 1.82) is 0 Å². The maximum atomic E-state index is 13.0. The highest BCUT2D eigenvalue weighted by Crippen LogP contribution is 2.34. The van der Waals surface area contributed by atoms with Crippen molar-refractivity contribution in [3.8, 4) is 11.3 Å². The average Bonchev–Trinajstić information content (AvgIpc) is 2.57. The predicted molar refractivity (Wildman–Crippen MR) is 73.4 cm³/mol. The molecule has 0 unspecified atom stereocenters. The molecule has 0 aliphatic carbocycles. The Bertz CT molecular complexity index is 564. The Balaban J connectivity index is 2.60. The normalized spacial score (nSPS) is 10.9. The molecular weight excluding hydrogens is 351 g/mol. The van der Waals surface area contributed by atoms with Crippen LogP contribution >= 0.6 is 31.9 Å². The Morgan fingerprint density at radius 2 is 2.06 bits per heavy atom.